The standard InChI is InChI=1S/C15H22O2/c1-10-6-5-7-11-8-12(16)15(9-14(10,11)4)13(2,3)17-15/h8,10H,5-7,9H2,1-4H3. The molecule has 3 rings (SSSR count). The smallest absolute Gasteiger partial charge is 0.190 e. The molecule has 0 amide bonds. The van der Waals surface area contributed by atoms with Gasteiger partial charge >= 0.3 is 0 Å². The maximum atomic E-state index is 12.3. The first-order chi connectivity index (χ1) is 7.82. The van der Waals surface area contributed by atoms with E-state index in [4.69, 9.17) is 4.74 Å². The Morgan fingerprint density at radius 1 is 1.35 bits per heavy atom. The Labute approximate surface area is 103 Å². The van der Waals surface area contributed by atoms with Gasteiger partial charge < -0.3 is 4.74 Å². The van der Waals surface area contributed by atoms with Gasteiger partial charge in [0.15, 0.2) is 11.4 Å². The van der Waals surface area contributed by atoms with Crippen molar-refractivity contribution in [1.82, 2.24) is 0 Å². The van der Waals surface area contributed by atoms with Gasteiger partial charge in [-0.15, -0.1) is 0 Å². The van der Waals surface area contributed by atoms with Crippen LogP contribution < -0.4 is 0 Å². The molecular formula is C15H22O2. The molecule has 0 aromatic rings. The van der Waals surface area contributed by atoms with Crippen LogP contribution in [0, 0.1) is 11.3 Å². The first-order valence-corrected chi connectivity index (χ1v) is 6.77. The van der Waals surface area contributed by atoms with Crippen molar-refractivity contribution in [2.24, 2.45) is 11.3 Å². The number of hydrogen-bond acceptors (Lipinski definition) is 2. The molecular weight excluding hydrogens is 212 g/mol. The Morgan fingerprint density at radius 2 is 2.00 bits per heavy atom. The third-order valence-electron chi connectivity index (χ3n) is 5.58. The molecule has 0 N–H and O–H groups in total. The highest BCUT2D eigenvalue weighted by Gasteiger charge is 2.71. The largest absolute Gasteiger partial charge is 0.354 e. The lowest BCUT2D eigenvalue weighted by molar-refractivity contribution is -0.122. The predicted octanol–water partition coefficient (Wildman–Crippen LogP) is 3.26. The highest BCUT2D eigenvalue weighted by atomic mass is 16.6. The number of allylic oxidation sites excluding steroid dienone is 1. The Hall–Kier alpha value is -0.630. The monoisotopic (exact) mass is 234 g/mol. The van der Waals surface area contributed by atoms with E-state index < -0.39 is 5.60 Å². The fourth-order valence-electron chi connectivity index (χ4n) is 3.93. The molecule has 3 unspecified atom stereocenters. The molecule has 0 bridgehead atoms. The van der Waals surface area contributed by atoms with Crippen molar-refractivity contribution in [2.45, 2.75) is 64.6 Å². The maximum absolute atomic E-state index is 12.3. The number of carbonyl (C=O) groups excluding carboxylic acids is 1. The van der Waals surface area contributed by atoms with Crippen molar-refractivity contribution in [1.29, 1.82) is 0 Å². The number of rotatable bonds is 0. The minimum absolute atomic E-state index is 0.180. The summed E-state index contributed by atoms with van der Waals surface area (Å²) in [5.74, 6) is 0.872. The van der Waals surface area contributed by atoms with Gasteiger partial charge in [-0.05, 0) is 56.9 Å². The summed E-state index contributed by atoms with van der Waals surface area (Å²) < 4.78 is 5.81. The van der Waals surface area contributed by atoms with Gasteiger partial charge in [-0.25, -0.2) is 0 Å². The lowest BCUT2D eigenvalue weighted by Crippen LogP contribution is -2.45. The fraction of sp³-hybridized carbons (Fsp3) is 0.800. The predicted molar refractivity (Wildman–Crippen MR) is 66.7 cm³/mol. The number of carbonyl (C=O) groups is 1. The Morgan fingerprint density at radius 3 is 2.59 bits per heavy atom. The van der Waals surface area contributed by atoms with E-state index in [1.54, 1.807) is 0 Å². The van der Waals surface area contributed by atoms with E-state index in [0.29, 0.717) is 5.92 Å². The minimum atomic E-state index is -0.503. The summed E-state index contributed by atoms with van der Waals surface area (Å²) in [5.41, 5.74) is 0.793. The molecule has 0 aromatic carbocycles. The van der Waals surface area contributed by atoms with Gasteiger partial charge in [0.05, 0.1) is 0 Å². The second kappa shape index (κ2) is 3.03. The summed E-state index contributed by atoms with van der Waals surface area (Å²) in [5, 5.41) is 0. The van der Waals surface area contributed by atoms with Crippen LogP contribution in [0.5, 0.6) is 0 Å². The van der Waals surface area contributed by atoms with Gasteiger partial charge in [-0.2, -0.15) is 0 Å². The summed E-state index contributed by atoms with van der Waals surface area (Å²) in [6.45, 7) is 8.74. The van der Waals surface area contributed by atoms with E-state index in [0.717, 1.165) is 12.8 Å². The quantitative estimate of drug-likeness (QED) is 0.602. The fourth-order valence-corrected chi connectivity index (χ4v) is 3.93. The summed E-state index contributed by atoms with van der Waals surface area (Å²) in [6.07, 6.45) is 6.40. The second-order valence-corrected chi connectivity index (χ2v) is 6.86. The normalized spacial score (nSPS) is 47.6. The van der Waals surface area contributed by atoms with E-state index in [2.05, 4.69) is 13.8 Å². The SMILES string of the molecule is CC1CCCC2=CC(=O)C3(CC21C)OC3(C)C. The Kier molecular flexibility index (Phi) is 2.04. The Bertz CT molecular complexity index is 421. The van der Waals surface area contributed by atoms with Gasteiger partial charge in [0, 0.05) is 0 Å². The zero-order valence-corrected chi connectivity index (χ0v) is 11.3. The molecule has 3 atom stereocenters. The third-order valence-corrected chi connectivity index (χ3v) is 5.58. The summed E-state index contributed by atoms with van der Waals surface area (Å²) in [6, 6.07) is 0. The molecule has 2 aliphatic carbocycles. The molecule has 2 heteroatoms. The lowest BCUT2D eigenvalue weighted by Gasteiger charge is -2.46. The van der Waals surface area contributed by atoms with Crippen LogP contribution in [0.15, 0.2) is 11.6 Å². The molecule has 1 heterocycles. The van der Waals surface area contributed by atoms with Crippen LogP contribution >= 0.6 is 0 Å². The second-order valence-electron chi connectivity index (χ2n) is 6.86. The van der Waals surface area contributed by atoms with Gasteiger partial charge in [0.2, 0.25) is 0 Å². The van der Waals surface area contributed by atoms with Crippen LogP contribution in [0.25, 0.3) is 0 Å². The zero-order valence-electron chi connectivity index (χ0n) is 11.3. The highest BCUT2D eigenvalue weighted by molar-refractivity contribution is 6.02. The summed E-state index contributed by atoms with van der Waals surface area (Å²) >= 11 is 0. The molecule has 0 aromatic heterocycles. The van der Waals surface area contributed by atoms with Crippen molar-refractivity contribution < 1.29 is 9.53 Å². The van der Waals surface area contributed by atoms with E-state index in [9.17, 15) is 4.79 Å². The van der Waals surface area contributed by atoms with Crippen molar-refractivity contribution in [3.05, 3.63) is 11.6 Å². The van der Waals surface area contributed by atoms with Crippen LogP contribution in [0.4, 0.5) is 0 Å². The van der Waals surface area contributed by atoms with Gasteiger partial charge in [0.25, 0.3) is 0 Å². The summed E-state index contributed by atoms with van der Waals surface area (Å²) in [7, 11) is 0. The maximum Gasteiger partial charge on any atom is 0.190 e. The number of epoxide rings is 1. The number of ether oxygens (including phenoxy) is 1. The van der Waals surface area contributed by atoms with Crippen LogP contribution in [0.3, 0.4) is 0 Å². The van der Waals surface area contributed by atoms with E-state index in [1.165, 1.54) is 18.4 Å². The average Bonchev–Trinajstić information content (AvgIpc) is 2.75. The topological polar surface area (TPSA) is 29.6 Å². The molecule has 2 fully saturated rings. The van der Waals surface area contributed by atoms with Crippen molar-refractivity contribution >= 4 is 5.78 Å². The van der Waals surface area contributed by atoms with Crippen LogP contribution in [0.1, 0.15) is 53.4 Å². The average molecular weight is 234 g/mol. The number of fused-ring (bicyclic) bond motifs is 1. The molecule has 17 heavy (non-hydrogen) atoms. The molecule has 1 saturated carbocycles. The number of hydrogen-bond donors (Lipinski definition) is 0. The van der Waals surface area contributed by atoms with Crippen LogP contribution in [0.2, 0.25) is 0 Å². The first-order valence-electron chi connectivity index (χ1n) is 6.77. The summed E-state index contributed by atoms with van der Waals surface area (Å²) in [4.78, 5) is 12.3. The molecule has 1 aliphatic heterocycles. The minimum Gasteiger partial charge on any atom is -0.354 e. The Balaban J connectivity index is 2.04. The molecule has 3 aliphatic rings. The zero-order chi connectivity index (χ0) is 12.5. The van der Waals surface area contributed by atoms with Crippen molar-refractivity contribution in [3.8, 4) is 0 Å². The first kappa shape index (κ1) is 11.5. The molecule has 1 spiro atoms. The van der Waals surface area contributed by atoms with Crippen LogP contribution in [-0.4, -0.2) is 17.0 Å². The molecule has 94 valence electrons. The van der Waals surface area contributed by atoms with Gasteiger partial charge in [0.1, 0.15) is 5.60 Å². The van der Waals surface area contributed by atoms with Gasteiger partial charge in [-0.1, -0.05) is 19.4 Å². The number of ketones is 1. The molecule has 1 saturated heterocycles. The van der Waals surface area contributed by atoms with Crippen molar-refractivity contribution in [2.75, 3.05) is 0 Å². The lowest BCUT2D eigenvalue weighted by atomic mass is 9.57. The molecule has 2 nitrogen and oxygen atoms in total. The van der Waals surface area contributed by atoms with E-state index >= 15 is 0 Å². The van der Waals surface area contributed by atoms with E-state index in [1.807, 2.05) is 19.9 Å². The van der Waals surface area contributed by atoms with Crippen molar-refractivity contribution in [3.63, 3.8) is 0 Å². The van der Waals surface area contributed by atoms with Gasteiger partial charge in [-0.3, -0.25) is 4.79 Å². The molecule has 0 radical (unpaired) electrons. The van der Waals surface area contributed by atoms with Crippen LogP contribution in [-0.2, 0) is 9.53 Å². The third kappa shape index (κ3) is 1.28. The highest BCUT2D eigenvalue weighted by Crippen LogP contribution is 2.62. The van der Waals surface area contributed by atoms with E-state index in [-0.39, 0.29) is 16.8 Å².